The van der Waals surface area contributed by atoms with E-state index in [1.807, 2.05) is 125 Å². The van der Waals surface area contributed by atoms with Crippen LogP contribution in [-0.4, -0.2) is 122 Å². The molecule has 1 aliphatic rings. The fraction of sp³-hybridized carbons (Fsp3) is 0.417. The lowest BCUT2D eigenvalue weighted by Crippen LogP contribution is -2.51. The van der Waals surface area contributed by atoms with Crippen molar-refractivity contribution in [1.29, 1.82) is 0 Å². The van der Waals surface area contributed by atoms with Gasteiger partial charge in [0.25, 0.3) is 0 Å². The molecule has 4 aromatic carbocycles. The van der Waals surface area contributed by atoms with Crippen LogP contribution in [0.25, 0.3) is 0 Å². The number of aryl methyl sites for hydroxylation is 4. The van der Waals surface area contributed by atoms with Crippen molar-refractivity contribution >= 4 is 23.6 Å². The molecule has 1 saturated heterocycles. The number of carbonyl (C=O) groups excluding carboxylic acids is 4. The summed E-state index contributed by atoms with van der Waals surface area (Å²) in [5.74, 6) is -0.351. The molecule has 5 rings (SSSR count). The maximum absolute atomic E-state index is 13.4. The number of hydrogen-bond donors (Lipinski definition) is 4. The number of nitrogens with zero attached hydrogens (tertiary/aromatic N) is 4. The van der Waals surface area contributed by atoms with Gasteiger partial charge in [0.05, 0.1) is 26.2 Å². The minimum absolute atomic E-state index is 0.0877. The highest BCUT2D eigenvalue weighted by Gasteiger charge is 2.22. The Morgan fingerprint density at radius 3 is 0.667 bits per heavy atom. The molecule has 320 valence electrons. The average molecular weight is 817 g/mol. The maximum atomic E-state index is 13.4. The van der Waals surface area contributed by atoms with Gasteiger partial charge in [0.1, 0.15) is 0 Å². The molecule has 4 aromatic rings. The maximum Gasteiger partial charge on any atom is 0.234 e. The highest BCUT2D eigenvalue weighted by molar-refractivity contribution is 5.79. The van der Waals surface area contributed by atoms with E-state index in [4.69, 9.17) is 0 Å². The predicted octanol–water partition coefficient (Wildman–Crippen LogP) is 3.71. The molecule has 0 atom stereocenters. The fourth-order valence-corrected chi connectivity index (χ4v) is 6.87. The summed E-state index contributed by atoms with van der Waals surface area (Å²) in [6, 6.07) is 32.4. The van der Waals surface area contributed by atoms with Gasteiger partial charge >= 0.3 is 0 Å². The Morgan fingerprint density at radius 1 is 0.333 bits per heavy atom. The van der Waals surface area contributed by atoms with Gasteiger partial charge in [-0.1, -0.05) is 119 Å². The van der Waals surface area contributed by atoms with E-state index in [1.54, 1.807) is 0 Å². The first-order chi connectivity index (χ1) is 28.9. The van der Waals surface area contributed by atoms with E-state index in [9.17, 15) is 19.2 Å². The molecule has 60 heavy (non-hydrogen) atoms. The second-order valence-electron chi connectivity index (χ2n) is 16.2. The Hall–Kier alpha value is -5.40. The predicted molar refractivity (Wildman–Crippen MR) is 238 cm³/mol. The minimum Gasteiger partial charge on any atom is -0.351 e. The molecule has 0 aromatic heterocycles. The Labute approximate surface area is 356 Å². The molecule has 0 radical (unpaired) electrons. The van der Waals surface area contributed by atoms with Crippen molar-refractivity contribution in [2.24, 2.45) is 0 Å². The standard InChI is InChI=1S/C48H64N8O4/c1-37-5-13-41(14-6-37)29-49-45(57)33-53-21-23-54(34-46(58)50-30-42-15-7-38(2)8-16-42)25-27-56(36-48(60)52-32-44-19-11-40(4)12-20-44)28-26-55(24-22-53)35-47(59)51-31-43-17-9-39(3)10-18-43/h5-20H,21-36H2,1-4H3,(H,49,57)(H,50,58)(H,51,59)(H,52,60). The molecule has 0 unspecified atom stereocenters. The monoisotopic (exact) mass is 817 g/mol. The number of amides is 4. The summed E-state index contributed by atoms with van der Waals surface area (Å²) < 4.78 is 0. The smallest absolute Gasteiger partial charge is 0.234 e. The van der Waals surface area contributed by atoms with Crippen LogP contribution in [0.3, 0.4) is 0 Å². The normalized spacial score (nSPS) is 15.0. The van der Waals surface area contributed by atoms with Crippen molar-refractivity contribution in [3.05, 3.63) is 142 Å². The van der Waals surface area contributed by atoms with Crippen LogP contribution in [0.5, 0.6) is 0 Å². The molecule has 12 nitrogen and oxygen atoms in total. The van der Waals surface area contributed by atoms with E-state index in [0.29, 0.717) is 78.5 Å². The van der Waals surface area contributed by atoms with Crippen LogP contribution >= 0.6 is 0 Å². The molecule has 1 aliphatic heterocycles. The zero-order valence-electron chi connectivity index (χ0n) is 36.0. The number of hydrogen-bond acceptors (Lipinski definition) is 8. The minimum atomic E-state index is -0.0877. The number of rotatable bonds is 16. The Balaban J connectivity index is 1.27. The first kappa shape index (κ1) is 45.7. The lowest BCUT2D eigenvalue weighted by atomic mass is 10.1. The highest BCUT2D eigenvalue weighted by Crippen LogP contribution is 2.08. The van der Waals surface area contributed by atoms with Crippen molar-refractivity contribution in [2.45, 2.75) is 53.9 Å². The average Bonchev–Trinajstić information content (AvgIpc) is 3.23. The summed E-state index contributed by atoms with van der Waals surface area (Å²) in [7, 11) is 0. The van der Waals surface area contributed by atoms with Gasteiger partial charge in [-0.2, -0.15) is 0 Å². The number of nitrogens with one attached hydrogen (secondary N) is 4. The van der Waals surface area contributed by atoms with Gasteiger partial charge in [-0.25, -0.2) is 0 Å². The summed E-state index contributed by atoms with van der Waals surface area (Å²) in [5.41, 5.74) is 8.77. The van der Waals surface area contributed by atoms with Crippen LogP contribution in [0.1, 0.15) is 44.5 Å². The first-order valence-electron chi connectivity index (χ1n) is 21.1. The van der Waals surface area contributed by atoms with E-state index < -0.39 is 0 Å². The van der Waals surface area contributed by atoms with Crippen molar-refractivity contribution in [3.8, 4) is 0 Å². The van der Waals surface area contributed by atoms with Gasteiger partial charge in [-0.3, -0.25) is 38.8 Å². The van der Waals surface area contributed by atoms with Crippen LogP contribution in [0.2, 0.25) is 0 Å². The molecule has 4 amide bonds. The molecular formula is C48H64N8O4. The SMILES string of the molecule is Cc1ccc(CNC(=O)CN2CCN(CC(=O)NCc3ccc(C)cc3)CCN(CC(=O)NCc3ccc(C)cc3)CCN(CC(=O)NCc3ccc(C)cc3)CC2)cc1. The van der Waals surface area contributed by atoms with Crippen LogP contribution in [0.4, 0.5) is 0 Å². The Kier molecular flexibility index (Phi) is 18.3. The zero-order chi connectivity index (χ0) is 42.7. The second kappa shape index (κ2) is 24.0. The topological polar surface area (TPSA) is 129 Å². The molecule has 1 heterocycles. The third-order valence-corrected chi connectivity index (χ3v) is 10.8. The third kappa shape index (κ3) is 17.1. The van der Waals surface area contributed by atoms with E-state index in [0.717, 1.165) is 44.5 Å². The van der Waals surface area contributed by atoms with Gasteiger partial charge in [0.2, 0.25) is 23.6 Å². The van der Waals surface area contributed by atoms with Gasteiger partial charge in [0, 0.05) is 78.5 Å². The molecule has 12 heteroatoms. The molecule has 0 spiro atoms. The molecule has 4 N–H and O–H groups in total. The molecule has 0 bridgehead atoms. The first-order valence-corrected chi connectivity index (χ1v) is 21.1. The highest BCUT2D eigenvalue weighted by atomic mass is 16.2. The fourth-order valence-electron chi connectivity index (χ4n) is 6.87. The quantitative estimate of drug-likeness (QED) is 0.135. The Morgan fingerprint density at radius 2 is 0.500 bits per heavy atom. The van der Waals surface area contributed by atoms with Crippen molar-refractivity contribution < 1.29 is 19.2 Å². The third-order valence-electron chi connectivity index (χ3n) is 10.8. The largest absolute Gasteiger partial charge is 0.351 e. The van der Waals surface area contributed by atoms with Gasteiger partial charge in [-0.05, 0) is 49.9 Å². The van der Waals surface area contributed by atoms with E-state index in [1.165, 1.54) is 0 Å². The summed E-state index contributed by atoms with van der Waals surface area (Å²) in [6.07, 6.45) is 0. The van der Waals surface area contributed by atoms with Crippen molar-refractivity contribution in [1.82, 2.24) is 40.9 Å². The molecule has 0 saturated carbocycles. The van der Waals surface area contributed by atoms with Gasteiger partial charge in [0.15, 0.2) is 0 Å². The molecule has 0 aliphatic carbocycles. The van der Waals surface area contributed by atoms with E-state index in [-0.39, 0.29) is 49.8 Å². The van der Waals surface area contributed by atoms with Crippen LogP contribution < -0.4 is 21.3 Å². The van der Waals surface area contributed by atoms with Crippen molar-refractivity contribution in [2.75, 3.05) is 78.5 Å². The van der Waals surface area contributed by atoms with E-state index in [2.05, 4.69) is 40.9 Å². The van der Waals surface area contributed by atoms with Gasteiger partial charge in [-0.15, -0.1) is 0 Å². The summed E-state index contributed by atoms with van der Waals surface area (Å²) in [6.45, 7) is 14.9. The van der Waals surface area contributed by atoms with Crippen LogP contribution in [0.15, 0.2) is 97.1 Å². The lowest BCUT2D eigenvalue weighted by molar-refractivity contribution is -0.125. The second-order valence-corrected chi connectivity index (χ2v) is 16.2. The number of carbonyl (C=O) groups is 4. The van der Waals surface area contributed by atoms with Crippen LogP contribution in [0, 0.1) is 27.7 Å². The number of benzene rings is 4. The molecular weight excluding hydrogens is 753 g/mol. The van der Waals surface area contributed by atoms with Crippen LogP contribution in [-0.2, 0) is 45.4 Å². The van der Waals surface area contributed by atoms with Gasteiger partial charge < -0.3 is 21.3 Å². The van der Waals surface area contributed by atoms with Crippen molar-refractivity contribution in [3.63, 3.8) is 0 Å². The lowest BCUT2D eigenvalue weighted by Gasteiger charge is -2.33. The Bertz CT molecular complexity index is 1650. The zero-order valence-corrected chi connectivity index (χ0v) is 36.0. The summed E-state index contributed by atoms with van der Waals surface area (Å²) >= 11 is 0. The summed E-state index contributed by atoms with van der Waals surface area (Å²) in [4.78, 5) is 61.9. The van der Waals surface area contributed by atoms with E-state index >= 15 is 0 Å². The molecule has 1 fully saturated rings. The summed E-state index contributed by atoms with van der Waals surface area (Å²) in [5, 5.41) is 12.3.